The van der Waals surface area contributed by atoms with Gasteiger partial charge in [-0.25, -0.2) is 8.78 Å². The minimum absolute atomic E-state index is 0.239. The Morgan fingerprint density at radius 2 is 1.55 bits per heavy atom. The molecule has 3 aromatic carbocycles. The maximum atomic E-state index is 13.9. The second kappa shape index (κ2) is 9.04. The molecule has 0 saturated carbocycles. The molecular weight excluding hydrogens is 378 g/mol. The van der Waals surface area contributed by atoms with Gasteiger partial charge in [-0.3, -0.25) is 0 Å². The van der Waals surface area contributed by atoms with Crippen LogP contribution >= 0.6 is 0 Å². The molecule has 0 atom stereocenters. The Bertz CT molecular complexity index is 957. The van der Waals surface area contributed by atoms with Crippen LogP contribution in [0.1, 0.15) is 37.7 Å². The summed E-state index contributed by atoms with van der Waals surface area (Å²) in [6.07, 6.45) is 3.91. The van der Waals surface area contributed by atoms with Gasteiger partial charge in [-0.1, -0.05) is 73.9 Å². The van der Waals surface area contributed by atoms with Crippen molar-refractivity contribution in [2.75, 3.05) is 0 Å². The second-order valence-corrected chi connectivity index (χ2v) is 11.8. The first kappa shape index (κ1) is 20.0. The quantitative estimate of drug-likeness (QED) is 0.379. The first-order valence-corrected chi connectivity index (χ1v) is 13.2. The summed E-state index contributed by atoms with van der Waals surface area (Å²) in [4.78, 5) is 0. The molecule has 1 saturated heterocycles. The third-order valence-electron chi connectivity index (χ3n) is 6.35. The van der Waals surface area contributed by atoms with E-state index in [0.29, 0.717) is 5.92 Å². The molecule has 150 valence electrons. The lowest BCUT2D eigenvalue weighted by Gasteiger charge is -2.28. The molecule has 0 unspecified atom stereocenters. The predicted octanol–water partition coefficient (Wildman–Crippen LogP) is 7.81. The lowest BCUT2D eigenvalue weighted by molar-refractivity contribution is 0.606. The molecule has 29 heavy (non-hydrogen) atoms. The van der Waals surface area contributed by atoms with Crippen LogP contribution in [-0.4, -0.2) is 8.80 Å². The van der Waals surface area contributed by atoms with Crippen molar-refractivity contribution in [3.05, 3.63) is 83.9 Å². The van der Waals surface area contributed by atoms with Gasteiger partial charge in [0, 0.05) is 8.80 Å². The Hall–Kier alpha value is -2.26. The summed E-state index contributed by atoms with van der Waals surface area (Å²) < 4.78 is 27.4. The number of hydrogen-bond acceptors (Lipinski definition) is 0. The lowest BCUT2D eigenvalue weighted by Crippen LogP contribution is -2.20. The predicted molar refractivity (Wildman–Crippen MR) is 121 cm³/mol. The molecule has 0 nitrogen and oxygen atoms in total. The van der Waals surface area contributed by atoms with Crippen LogP contribution < -0.4 is 0 Å². The Labute approximate surface area is 174 Å². The van der Waals surface area contributed by atoms with Crippen molar-refractivity contribution < 1.29 is 8.78 Å². The molecule has 1 fully saturated rings. The summed E-state index contributed by atoms with van der Waals surface area (Å²) >= 11 is 0. The fourth-order valence-corrected chi connectivity index (χ4v) is 8.21. The number of halogens is 2. The average molecular weight is 407 g/mol. The van der Waals surface area contributed by atoms with Crippen molar-refractivity contribution in [3.63, 3.8) is 0 Å². The van der Waals surface area contributed by atoms with Gasteiger partial charge in [-0.15, -0.1) is 0 Å². The number of rotatable bonds is 5. The van der Waals surface area contributed by atoms with E-state index >= 15 is 0 Å². The summed E-state index contributed by atoms with van der Waals surface area (Å²) in [7, 11) is -0.514. The standard InChI is InChI=1S/C26H28F2Si/c1-2-14-29-15-12-19(13-16-29)21-8-11-25(22-4-3-5-24(28)17-22)26(18-21)20-6-9-23(27)10-7-20/h3-11,17-19,29H,2,12-16H2,1H3. The van der Waals surface area contributed by atoms with E-state index < -0.39 is 8.80 Å². The topological polar surface area (TPSA) is 0 Å². The SMILES string of the molecule is CCC[SiH]1CCC(c2ccc(-c3cccc(F)c3)c(-c3ccc(F)cc3)c2)CC1. The van der Waals surface area contributed by atoms with Crippen LogP contribution in [0.25, 0.3) is 22.3 Å². The summed E-state index contributed by atoms with van der Waals surface area (Å²) in [6.45, 7) is 2.30. The highest BCUT2D eigenvalue weighted by Crippen LogP contribution is 2.39. The Morgan fingerprint density at radius 3 is 2.24 bits per heavy atom. The van der Waals surface area contributed by atoms with Crippen LogP contribution in [0.2, 0.25) is 18.1 Å². The van der Waals surface area contributed by atoms with Gasteiger partial charge in [-0.2, -0.15) is 0 Å². The van der Waals surface area contributed by atoms with Gasteiger partial charge in [0.15, 0.2) is 0 Å². The largest absolute Gasteiger partial charge is 0.207 e. The van der Waals surface area contributed by atoms with E-state index in [-0.39, 0.29) is 11.6 Å². The highest BCUT2D eigenvalue weighted by Gasteiger charge is 2.23. The first-order chi connectivity index (χ1) is 14.1. The van der Waals surface area contributed by atoms with E-state index in [1.807, 2.05) is 18.2 Å². The third kappa shape index (κ3) is 4.67. The molecule has 0 spiro atoms. The number of benzene rings is 3. The van der Waals surface area contributed by atoms with Gasteiger partial charge < -0.3 is 0 Å². The van der Waals surface area contributed by atoms with Crippen LogP contribution in [0.5, 0.6) is 0 Å². The van der Waals surface area contributed by atoms with Gasteiger partial charge in [0.1, 0.15) is 11.6 Å². The van der Waals surface area contributed by atoms with Gasteiger partial charge in [-0.05, 0) is 70.8 Å². The highest BCUT2D eigenvalue weighted by atomic mass is 28.3. The van der Waals surface area contributed by atoms with Gasteiger partial charge >= 0.3 is 0 Å². The van der Waals surface area contributed by atoms with Crippen LogP contribution in [0.4, 0.5) is 8.78 Å². The normalized spacial score (nSPS) is 19.3. The van der Waals surface area contributed by atoms with Crippen molar-refractivity contribution in [2.24, 2.45) is 0 Å². The maximum Gasteiger partial charge on any atom is 0.123 e. The van der Waals surface area contributed by atoms with Crippen LogP contribution in [0.15, 0.2) is 66.7 Å². The van der Waals surface area contributed by atoms with Crippen molar-refractivity contribution in [3.8, 4) is 22.3 Å². The molecule has 0 radical (unpaired) electrons. The van der Waals surface area contributed by atoms with Gasteiger partial charge in [0.2, 0.25) is 0 Å². The Balaban J connectivity index is 1.71. The van der Waals surface area contributed by atoms with Crippen molar-refractivity contribution in [1.82, 2.24) is 0 Å². The molecule has 1 heterocycles. The zero-order valence-electron chi connectivity index (χ0n) is 17.0. The number of hydrogen-bond donors (Lipinski definition) is 0. The van der Waals surface area contributed by atoms with Gasteiger partial charge in [0.25, 0.3) is 0 Å². The summed E-state index contributed by atoms with van der Waals surface area (Å²) in [6, 6.07) is 24.3. The van der Waals surface area contributed by atoms with Crippen molar-refractivity contribution in [2.45, 2.75) is 50.2 Å². The molecule has 0 N–H and O–H groups in total. The molecule has 1 aliphatic rings. The molecule has 0 amide bonds. The Morgan fingerprint density at radius 1 is 0.793 bits per heavy atom. The molecular formula is C26H28F2Si. The summed E-state index contributed by atoms with van der Waals surface area (Å²) in [5.41, 5.74) is 5.25. The molecule has 0 bridgehead atoms. The van der Waals surface area contributed by atoms with E-state index in [9.17, 15) is 8.78 Å². The molecule has 4 rings (SSSR count). The average Bonchev–Trinajstić information content (AvgIpc) is 2.75. The third-order valence-corrected chi connectivity index (χ3v) is 10.0. The monoisotopic (exact) mass is 406 g/mol. The molecule has 0 aromatic heterocycles. The lowest BCUT2D eigenvalue weighted by atomic mass is 9.87. The van der Waals surface area contributed by atoms with Crippen LogP contribution in [0, 0.1) is 11.6 Å². The first-order valence-electron chi connectivity index (χ1n) is 10.8. The zero-order valence-corrected chi connectivity index (χ0v) is 18.2. The van der Waals surface area contributed by atoms with Gasteiger partial charge in [0.05, 0.1) is 0 Å². The van der Waals surface area contributed by atoms with E-state index in [2.05, 4.69) is 25.1 Å². The van der Waals surface area contributed by atoms with Crippen molar-refractivity contribution in [1.29, 1.82) is 0 Å². The van der Waals surface area contributed by atoms with Crippen LogP contribution in [-0.2, 0) is 0 Å². The zero-order chi connectivity index (χ0) is 20.2. The Kier molecular flexibility index (Phi) is 6.24. The maximum absolute atomic E-state index is 13.9. The smallest absolute Gasteiger partial charge is 0.123 e. The molecule has 1 aliphatic heterocycles. The minimum Gasteiger partial charge on any atom is -0.207 e. The van der Waals surface area contributed by atoms with E-state index in [1.54, 1.807) is 12.1 Å². The molecule has 3 aromatic rings. The van der Waals surface area contributed by atoms with Crippen LogP contribution in [0.3, 0.4) is 0 Å². The molecule has 0 aliphatic carbocycles. The summed E-state index contributed by atoms with van der Waals surface area (Å²) in [5, 5.41) is 0. The van der Waals surface area contributed by atoms with Crippen molar-refractivity contribution >= 4 is 8.80 Å². The van der Waals surface area contributed by atoms with E-state index in [1.165, 1.54) is 61.2 Å². The molecule has 3 heteroatoms. The van der Waals surface area contributed by atoms with E-state index in [4.69, 9.17) is 0 Å². The second-order valence-electron chi connectivity index (χ2n) is 8.33. The highest BCUT2D eigenvalue weighted by molar-refractivity contribution is 6.59. The fourth-order valence-electron chi connectivity index (χ4n) is 4.78. The fraction of sp³-hybridized carbons (Fsp3) is 0.308. The van der Waals surface area contributed by atoms with E-state index in [0.717, 1.165) is 22.3 Å². The summed E-state index contributed by atoms with van der Waals surface area (Å²) in [5.74, 6) is 0.128. The minimum atomic E-state index is -0.514.